The molecular formula is C24H19N3OS. The third-order valence-corrected chi connectivity index (χ3v) is 5.77. The lowest BCUT2D eigenvalue weighted by Crippen LogP contribution is -2.19. The van der Waals surface area contributed by atoms with Crippen molar-refractivity contribution in [1.82, 2.24) is 0 Å². The number of nitrogens with one attached hydrogen (secondary N) is 1. The predicted molar refractivity (Wildman–Crippen MR) is 119 cm³/mol. The van der Waals surface area contributed by atoms with Crippen LogP contribution in [0.15, 0.2) is 82.6 Å². The number of nitrogens with zero attached hydrogens (tertiary/aromatic N) is 2. The van der Waals surface area contributed by atoms with Gasteiger partial charge in [0.15, 0.2) is 0 Å². The average molecular weight is 398 g/mol. The van der Waals surface area contributed by atoms with E-state index in [2.05, 4.69) is 59.6 Å². The molecule has 0 spiro atoms. The maximum atomic E-state index is 12.2. The van der Waals surface area contributed by atoms with Gasteiger partial charge in [0.1, 0.15) is 0 Å². The second-order valence-corrected chi connectivity index (χ2v) is 7.64. The van der Waals surface area contributed by atoms with Gasteiger partial charge >= 0.3 is 0 Å². The van der Waals surface area contributed by atoms with Gasteiger partial charge in [-0.1, -0.05) is 36.0 Å². The molecule has 0 aliphatic carbocycles. The number of carbonyl (C=O) groups is 1. The van der Waals surface area contributed by atoms with Crippen LogP contribution < -0.4 is 10.2 Å². The Morgan fingerprint density at radius 3 is 2.72 bits per heavy atom. The molecular weight excluding hydrogens is 378 g/mol. The van der Waals surface area contributed by atoms with Gasteiger partial charge in [-0.25, -0.2) is 0 Å². The number of rotatable bonds is 4. The molecule has 1 amide bonds. The zero-order valence-electron chi connectivity index (χ0n) is 15.9. The monoisotopic (exact) mass is 397 g/mol. The van der Waals surface area contributed by atoms with Crippen LogP contribution in [0.5, 0.6) is 0 Å². The highest BCUT2D eigenvalue weighted by Gasteiger charge is 2.21. The van der Waals surface area contributed by atoms with Crippen LogP contribution in [0.2, 0.25) is 0 Å². The van der Waals surface area contributed by atoms with E-state index in [1.165, 1.54) is 27.2 Å². The summed E-state index contributed by atoms with van der Waals surface area (Å²) in [6.07, 6.45) is 3.32. The summed E-state index contributed by atoms with van der Waals surface area (Å²) < 4.78 is 0. The summed E-state index contributed by atoms with van der Waals surface area (Å²) in [5.74, 6) is -0.231. The molecule has 0 bridgehead atoms. The lowest BCUT2D eigenvalue weighted by molar-refractivity contribution is -0.111. The van der Waals surface area contributed by atoms with Gasteiger partial charge in [0.25, 0.3) is 0 Å². The molecule has 1 heterocycles. The number of anilines is 3. The molecule has 142 valence electrons. The molecule has 0 atom stereocenters. The lowest BCUT2D eigenvalue weighted by atomic mass is 10.1. The lowest BCUT2D eigenvalue weighted by Gasteiger charge is -2.32. The van der Waals surface area contributed by atoms with Crippen molar-refractivity contribution in [3.63, 3.8) is 0 Å². The summed E-state index contributed by atoms with van der Waals surface area (Å²) in [6, 6.07) is 23.6. The van der Waals surface area contributed by atoms with Gasteiger partial charge in [-0.15, -0.1) is 0 Å². The Labute approximate surface area is 174 Å². The van der Waals surface area contributed by atoms with Gasteiger partial charge in [-0.2, -0.15) is 5.26 Å². The molecule has 3 aromatic rings. The number of benzene rings is 3. The molecule has 5 heteroatoms. The highest BCUT2D eigenvalue weighted by atomic mass is 32.2. The highest BCUT2D eigenvalue weighted by molar-refractivity contribution is 7.99. The SMILES string of the molecule is CCN1c2ccccc2Sc2cc(/C=C/C(=O)Nc3cccc(C#N)c3)ccc21. The van der Waals surface area contributed by atoms with E-state index in [4.69, 9.17) is 5.26 Å². The molecule has 1 aliphatic heterocycles. The van der Waals surface area contributed by atoms with E-state index in [1.807, 2.05) is 6.07 Å². The van der Waals surface area contributed by atoms with Gasteiger partial charge in [-0.05, 0) is 61.0 Å². The molecule has 0 saturated carbocycles. The summed E-state index contributed by atoms with van der Waals surface area (Å²) in [4.78, 5) is 17.0. The minimum absolute atomic E-state index is 0.231. The first kappa shape index (κ1) is 18.9. The maximum Gasteiger partial charge on any atom is 0.248 e. The number of carbonyl (C=O) groups excluding carboxylic acids is 1. The Kier molecular flexibility index (Phi) is 5.37. The Hall–Kier alpha value is -3.49. The van der Waals surface area contributed by atoms with Gasteiger partial charge in [0.05, 0.1) is 23.0 Å². The number of fused-ring (bicyclic) bond motifs is 2. The summed E-state index contributed by atoms with van der Waals surface area (Å²) in [5.41, 5.74) is 4.50. The second-order valence-electron chi connectivity index (χ2n) is 6.56. The van der Waals surface area contributed by atoms with Crippen molar-refractivity contribution < 1.29 is 4.79 Å². The normalized spacial score (nSPS) is 12.2. The highest BCUT2D eigenvalue weighted by Crippen LogP contribution is 2.48. The van der Waals surface area contributed by atoms with E-state index >= 15 is 0 Å². The summed E-state index contributed by atoms with van der Waals surface area (Å²) in [7, 11) is 0. The molecule has 29 heavy (non-hydrogen) atoms. The smallest absolute Gasteiger partial charge is 0.248 e. The fourth-order valence-corrected chi connectivity index (χ4v) is 4.46. The number of amides is 1. The minimum Gasteiger partial charge on any atom is -0.340 e. The van der Waals surface area contributed by atoms with Crippen molar-refractivity contribution in [3.8, 4) is 6.07 Å². The quantitative estimate of drug-likeness (QED) is 0.563. The molecule has 4 rings (SSSR count). The van der Waals surface area contributed by atoms with E-state index in [1.54, 1.807) is 42.1 Å². The first-order valence-electron chi connectivity index (χ1n) is 9.35. The van der Waals surface area contributed by atoms with E-state index in [9.17, 15) is 4.79 Å². The van der Waals surface area contributed by atoms with E-state index < -0.39 is 0 Å². The van der Waals surface area contributed by atoms with Crippen molar-refractivity contribution >= 4 is 40.8 Å². The Morgan fingerprint density at radius 1 is 1.07 bits per heavy atom. The van der Waals surface area contributed by atoms with Crippen molar-refractivity contribution in [2.24, 2.45) is 0 Å². The molecule has 1 N–H and O–H groups in total. The van der Waals surface area contributed by atoms with Crippen LogP contribution in [0.4, 0.5) is 17.1 Å². The van der Waals surface area contributed by atoms with Crippen LogP contribution in [-0.2, 0) is 4.79 Å². The van der Waals surface area contributed by atoms with Crippen molar-refractivity contribution in [2.45, 2.75) is 16.7 Å². The van der Waals surface area contributed by atoms with Crippen LogP contribution in [0.3, 0.4) is 0 Å². The predicted octanol–water partition coefficient (Wildman–Crippen LogP) is 5.83. The van der Waals surface area contributed by atoms with Crippen LogP contribution in [-0.4, -0.2) is 12.5 Å². The second kappa shape index (κ2) is 8.26. The summed E-state index contributed by atoms with van der Waals surface area (Å²) in [5, 5.41) is 11.7. The number of nitriles is 1. The summed E-state index contributed by atoms with van der Waals surface area (Å²) >= 11 is 1.75. The van der Waals surface area contributed by atoms with Gasteiger partial charge in [-0.3, -0.25) is 4.79 Å². The van der Waals surface area contributed by atoms with Crippen LogP contribution in [0, 0.1) is 11.3 Å². The number of para-hydroxylation sites is 1. The average Bonchev–Trinajstić information content (AvgIpc) is 2.76. The van der Waals surface area contributed by atoms with Crippen LogP contribution in [0.1, 0.15) is 18.1 Å². The van der Waals surface area contributed by atoms with Crippen molar-refractivity contribution in [1.29, 1.82) is 5.26 Å². The Bertz CT molecular complexity index is 1150. The molecule has 0 radical (unpaired) electrons. The fourth-order valence-electron chi connectivity index (χ4n) is 3.32. The first-order valence-corrected chi connectivity index (χ1v) is 10.2. The van der Waals surface area contributed by atoms with E-state index in [0.717, 1.165) is 12.1 Å². The largest absolute Gasteiger partial charge is 0.340 e. The molecule has 0 fully saturated rings. The third kappa shape index (κ3) is 4.03. The van der Waals surface area contributed by atoms with Crippen molar-refractivity contribution in [3.05, 3.63) is 83.9 Å². The number of hydrogen-bond donors (Lipinski definition) is 1. The molecule has 3 aromatic carbocycles. The first-order chi connectivity index (χ1) is 14.2. The van der Waals surface area contributed by atoms with Gasteiger partial charge in [0, 0.05) is 28.1 Å². The molecule has 0 unspecified atom stereocenters. The summed E-state index contributed by atoms with van der Waals surface area (Å²) in [6.45, 7) is 3.04. The Balaban J connectivity index is 1.52. The standard InChI is InChI=1S/C24H19N3OS/c1-2-27-20-8-3-4-9-22(20)29-23-15-17(10-12-21(23)27)11-13-24(28)26-19-7-5-6-18(14-19)16-25/h3-15H,2H2,1H3,(H,26,28)/b13-11+. The van der Waals surface area contributed by atoms with E-state index in [-0.39, 0.29) is 5.91 Å². The van der Waals surface area contributed by atoms with Crippen LogP contribution in [0.25, 0.3) is 6.08 Å². The zero-order chi connectivity index (χ0) is 20.2. The van der Waals surface area contributed by atoms with Gasteiger partial charge in [0.2, 0.25) is 5.91 Å². The number of hydrogen-bond acceptors (Lipinski definition) is 4. The molecule has 0 saturated heterocycles. The molecule has 0 aromatic heterocycles. The molecule has 1 aliphatic rings. The third-order valence-electron chi connectivity index (χ3n) is 4.65. The maximum absolute atomic E-state index is 12.2. The van der Waals surface area contributed by atoms with E-state index in [0.29, 0.717) is 11.3 Å². The topological polar surface area (TPSA) is 56.1 Å². The zero-order valence-corrected chi connectivity index (χ0v) is 16.7. The van der Waals surface area contributed by atoms with Gasteiger partial charge < -0.3 is 10.2 Å². The molecule has 4 nitrogen and oxygen atoms in total. The van der Waals surface area contributed by atoms with Crippen molar-refractivity contribution in [2.75, 3.05) is 16.8 Å². The van der Waals surface area contributed by atoms with Crippen LogP contribution >= 0.6 is 11.8 Å². The fraction of sp³-hybridized carbons (Fsp3) is 0.0833. The minimum atomic E-state index is -0.231. The Morgan fingerprint density at radius 2 is 1.90 bits per heavy atom.